The van der Waals surface area contributed by atoms with Gasteiger partial charge in [-0.15, -0.1) is 0 Å². The number of thioether (sulfide) groups is 1. The van der Waals surface area contributed by atoms with Crippen molar-refractivity contribution in [1.82, 2.24) is 4.90 Å². The van der Waals surface area contributed by atoms with Gasteiger partial charge in [-0.2, -0.15) is 11.8 Å². The second-order valence-corrected chi connectivity index (χ2v) is 7.19. The lowest BCUT2D eigenvalue weighted by molar-refractivity contribution is 0.0732. The number of phenolic OH excluding ortho intramolecular Hbond substituents is 1. The summed E-state index contributed by atoms with van der Waals surface area (Å²) in [5.41, 5.74) is 1.17. The number of aliphatic hydroxyl groups excluding tert-OH is 1. The van der Waals surface area contributed by atoms with Crippen molar-refractivity contribution in [1.29, 1.82) is 0 Å². The fourth-order valence-electron chi connectivity index (χ4n) is 3.03. The molecular formula is C17H27NO2S. The fraction of sp³-hybridized carbons (Fsp3) is 0.647. The van der Waals surface area contributed by atoms with Crippen molar-refractivity contribution in [2.45, 2.75) is 51.3 Å². The number of aliphatic hydroxyl groups is 1. The van der Waals surface area contributed by atoms with Crippen LogP contribution < -0.4 is 0 Å². The Hall–Kier alpha value is -0.710. The average molecular weight is 309 g/mol. The summed E-state index contributed by atoms with van der Waals surface area (Å²) in [6, 6.07) is 8.13. The Morgan fingerprint density at radius 3 is 2.67 bits per heavy atom. The first-order chi connectivity index (χ1) is 10.2. The van der Waals surface area contributed by atoms with Gasteiger partial charge in [-0.1, -0.05) is 19.1 Å². The topological polar surface area (TPSA) is 43.7 Å². The van der Waals surface area contributed by atoms with E-state index in [9.17, 15) is 10.2 Å². The van der Waals surface area contributed by atoms with Gasteiger partial charge < -0.3 is 10.2 Å². The summed E-state index contributed by atoms with van der Waals surface area (Å²) in [4.78, 5) is 2.53. The Morgan fingerprint density at radius 2 is 2.00 bits per heavy atom. The minimum Gasteiger partial charge on any atom is -0.508 e. The molecule has 0 radical (unpaired) electrons. The van der Waals surface area contributed by atoms with Gasteiger partial charge in [0.25, 0.3) is 0 Å². The standard InChI is InChI=1S/C17H27NO2S/c1-2-21-11-10-18(15-6-8-16(19)9-7-15)13-14-4-3-5-17(20)12-14/h3-5,12,15-16,19-20H,2,6-11,13H2,1H3. The summed E-state index contributed by atoms with van der Waals surface area (Å²) in [7, 11) is 0. The number of benzene rings is 1. The maximum atomic E-state index is 9.69. The zero-order chi connectivity index (χ0) is 15.1. The molecule has 0 amide bonds. The number of hydrogen-bond donors (Lipinski definition) is 2. The third-order valence-electron chi connectivity index (χ3n) is 4.21. The molecule has 2 rings (SSSR count). The summed E-state index contributed by atoms with van der Waals surface area (Å²) in [6.07, 6.45) is 3.89. The van der Waals surface area contributed by atoms with Gasteiger partial charge in [0.15, 0.2) is 0 Å². The molecule has 1 saturated carbocycles. The number of phenols is 1. The van der Waals surface area contributed by atoms with Gasteiger partial charge in [0.1, 0.15) is 5.75 Å². The molecule has 118 valence electrons. The molecule has 0 spiro atoms. The van der Waals surface area contributed by atoms with Gasteiger partial charge in [-0.25, -0.2) is 0 Å². The van der Waals surface area contributed by atoms with Crippen LogP contribution in [-0.2, 0) is 6.54 Å². The highest BCUT2D eigenvalue weighted by atomic mass is 32.2. The minimum atomic E-state index is -0.103. The van der Waals surface area contributed by atoms with Gasteiger partial charge in [0, 0.05) is 24.9 Å². The highest BCUT2D eigenvalue weighted by Crippen LogP contribution is 2.25. The molecule has 2 N–H and O–H groups in total. The van der Waals surface area contributed by atoms with E-state index < -0.39 is 0 Å². The molecule has 1 aliphatic carbocycles. The molecule has 0 atom stereocenters. The van der Waals surface area contributed by atoms with Crippen molar-refractivity contribution in [3.63, 3.8) is 0 Å². The van der Waals surface area contributed by atoms with E-state index in [1.807, 2.05) is 23.9 Å². The molecule has 0 aromatic heterocycles. The molecule has 4 heteroatoms. The molecule has 0 heterocycles. The molecule has 1 aromatic rings. The van der Waals surface area contributed by atoms with Gasteiger partial charge in [-0.3, -0.25) is 4.90 Å². The Bertz CT molecular complexity index is 419. The number of hydrogen-bond acceptors (Lipinski definition) is 4. The summed E-state index contributed by atoms with van der Waals surface area (Å²) in [5.74, 6) is 2.65. The predicted octanol–water partition coefficient (Wildman–Crippen LogP) is 3.25. The Kier molecular flexibility index (Phi) is 6.87. The van der Waals surface area contributed by atoms with Crippen LogP contribution in [0.3, 0.4) is 0 Å². The maximum Gasteiger partial charge on any atom is 0.115 e. The van der Waals surface area contributed by atoms with E-state index in [1.165, 1.54) is 5.56 Å². The van der Waals surface area contributed by atoms with E-state index in [0.717, 1.165) is 50.3 Å². The van der Waals surface area contributed by atoms with Crippen LogP contribution in [0, 0.1) is 0 Å². The second kappa shape index (κ2) is 8.66. The summed E-state index contributed by atoms with van der Waals surface area (Å²) < 4.78 is 0. The van der Waals surface area contributed by atoms with Crippen molar-refractivity contribution >= 4 is 11.8 Å². The van der Waals surface area contributed by atoms with Gasteiger partial charge >= 0.3 is 0 Å². The first-order valence-electron chi connectivity index (χ1n) is 7.96. The molecule has 21 heavy (non-hydrogen) atoms. The SMILES string of the molecule is CCSCCN(Cc1cccc(O)c1)C1CCC(O)CC1. The molecule has 1 aliphatic rings. The Labute approximate surface area is 132 Å². The lowest BCUT2D eigenvalue weighted by atomic mass is 9.91. The van der Waals surface area contributed by atoms with Crippen LogP contribution in [-0.4, -0.2) is 45.3 Å². The lowest BCUT2D eigenvalue weighted by Gasteiger charge is -2.36. The zero-order valence-corrected chi connectivity index (χ0v) is 13.7. The van der Waals surface area contributed by atoms with Crippen molar-refractivity contribution < 1.29 is 10.2 Å². The van der Waals surface area contributed by atoms with Crippen LogP contribution >= 0.6 is 11.8 Å². The average Bonchev–Trinajstić information content (AvgIpc) is 2.47. The van der Waals surface area contributed by atoms with Crippen LogP contribution in [0.4, 0.5) is 0 Å². The number of aromatic hydroxyl groups is 1. The third kappa shape index (κ3) is 5.53. The lowest BCUT2D eigenvalue weighted by Crippen LogP contribution is -2.40. The number of rotatable bonds is 7. The van der Waals surface area contributed by atoms with E-state index in [2.05, 4.69) is 17.9 Å². The van der Waals surface area contributed by atoms with E-state index in [1.54, 1.807) is 6.07 Å². The largest absolute Gasteiger partial charge is 0.508 e. The molecule has 3 nitrogen and oxygen atoms in total. The fourth-order valence-corrected chi connectivity index (χ4v) is 3.68. The van der Waals surface area contributed by atoms with E-state index in [0.29, 0.717) is 11.8 Å². The Balaban J connectivity index is 1.97. The summed E-state index contributed by atoms with van der Waals surface area (Å²) >= 11 is 1.97. The van der Waals surface area contributed by atoms with Crippen molar-refractivity contribution in [3.05, 3.63) is 29.8 Å². The first kappa shape index (κ1) is 16.7. The van der Waals surface area contributed by atoms with Gasteiger partial charge in [0.05, 0.1) is 6.10 Å². The minimum absolute atomic E-state index is 0.103. The van der Waals surface area contributed by atoms with Crippen molar-refractivity contribution in [3.8, 4) is 5.75 Å². The highest BCUT2D eigenvalue weighted by molar-refractivity contribution is 7.99. The van der Waals surface area contributed by atoms with Gasteiger partial charge in [-0.05, 0) is 49.1 Å². The Morgan fingerprint density at radius 1 is 1.24 bits per heavy atom. The van der Waals surface area contributed by atoms with Crippen LogP contribution in [0.2, 0.25) is 0 Å². The molecule has 1 fully saturated rings. The van der Waals surface area contributed by atoms with Crippen LogP contribution in [0.1, 0.15) is 38.2 Å². The van der Waals surface area contributed by atoms with Crippen LogP contribution in [0.15, 0.2) is 24.3 Å². The first-order valence-corrected chi connectivity index (χ1v) is 9.12. The van der Waals surface area contributed by atoms with Crippen LogP contribution in [0.25, 0.3) is 0 Å². The zero-order valence-electron chi connectivity index (χ0n) is 12.9. The smallest absolute Gasteiger partial charge is 0.115 e. The van der Waals surface area contributed by atoms with Gasteiger partial charge in [0.2, 0.25) is 0 Å². The third-order valence-corrected chi connectivity index (χ3v) is 5.09. The molecular weight excluding hydrogens is 282 g/mol. The molecule has 0 aliphatic heterocycles. The number of nitrogens with zero attached hydrogens (tertiary/aromatic N) is 1. The second-order valence-electron chi connectivity index (χ2n) is 5.80. The van der Waals surface area contributed by atoms with E-state index >= 15 is 0 Å². The highest BCUT2D eigenvalue weighted by Gasteiger charge is 2.24. The quantitative estimate of drug-likeness (QED) is 0.759. The van der Waals surface area contributed by atoms with Crippen molar-refractivity contribution in [2.75, 3.05) is 18.1 Å². The summed E-state index contributed by atoms with van der Waals surface area (Å²) in [6.45, 7) is 4.16. The molecule has 0 unspecified atom stereocenters. The molecule has 0 bridgehead atoms. The molecule has 0 saturated heterocycles. The van der Waals surface area contributed by atoms with E-state index in [-0.39, 0.29) is 6.10 Å². The van der Waals surface area contributed by atoms with Crippen LogP contribution in [0.5, 0.6) is 5.75 Å². The monoisotopic (exact) mass is 309 g/mol. The van der Waals surface area contributed by atoms with E-state index in [4.69, 9.17) is 0 Å². The predicted molar refractivity (Wildman–Crippen MR) is 89.8 cm³/mol. The normalized spacial score (nSPS) is 22.6. The molecule has 1 aromatic carbocycles. The maximum absolute atomic E-state index is 9.69. The van der Waals surface area contributed by atoms with Crippen molar-refractivity contribution in [2.24, 2.45) is 0 Å². The summed E-state index contributed by atoms with van der Waals surface area (Å²) in [5, 5.41) is 19.3.